The molecule has 19 heavy (non-hydrogen) atoms. The normalized spacial score (nSPS) is 11.5. The molecule has 9 heteroatoms. The van der Waals surface area contributed by atoms with E-state index in [0.29, 0.717) is 6.54 Å². The fraction of sp³-hybridized carbons (Fsp3) is 0.500. The van der Waals surface area contributed by atoms with E-state index in [4.69, 9.17) is 0 Å². The molecule has 9 nitrogen and oxygen atoms in total. The Bertz CT molecular complexity index is 478. The van der Waals surface area contributed by atoms with Crippen molar-refractivity contribution < 1.29 is 9.72 Å². The molecule has 1 heterocycles. The predicted molar refractivity (Wildman–Crippen MR) is 70.0 cm³/mol. The molecule has 0 aliphatic rings. The first kappa shape index (κ1) is 14.6. The van der Waals surface area contributed by atoms with E-state index in [-0.39, 0.29) is 23.2 Å². The standard InChI is InChI=1S/C10H16N6O3/c1-4-12-8-7(16(18)19)9(14-5-13-8)15-6(2)10(17)11-3/h5-6H,4H2,1-3H3,(H,11,17)(H2,12,13,14,15). The summed E-state index contributed by atoms with van der Waals surface area (Å²) in [5.41, 5.74) is -0.278. The van der Waals surface area contributed by atoms with E-state index in [1.165, 1.54) is 13.4 Å². The van der Waals surface area contributed by atoms with Crippen LogP contribution in [-0.2, 0) is 4.79 Å². The van der Waals surface area contributed by atoms with Crippen molar-refractivity contribution in [2.75, 3.05) is 24.2 Å². The molecule has 1 amide bonds. The minimum Gasteiger partial charge on any atom is -0.364 e. The van der Waals surface area contributed by atoms with Crippen LogP contribution in [0.5, 0.6) is 0 Å². The van der Waals surface area contributed by atoms with Gasteiger partial charge < -0.3 is 16.0 Å². The maximum absolute atomic E-state index is 11.4. The molecule has 1 aromatic rings. The van der Waals surface area contributed by atoms with Crippen LogP contribution in [0, 0.1) is 10.1 Å². The first-order chi connectivity index (χ1) is 9.01. The number of likely N-dealkylation sites (N-methyl/N-ethyl adjacent to an activating group) is 1. The van der Waals surface area contributed by atoms with Crippen molar-refractivity contribution in [3.63, 3.8) is 0 Å². The quantitative estimate of drug-likeness (QED) is 0.503. The summed E-state index contributed by atoms with van der Waals surface area (Å²) in [6, 6.07) is -0.645. The predicted octanol–water partition coefficient (Wildman–Crippen LogP) is 0.363. The van der Waals surface area contributed by atoms with Crippen molar-refractivity contribution in [2.45, 2.75) is 19.9 Å². The van der Waals surface area contributed by atoms with Crippen molar-refractivity contribution in [3.8, 4) is 0 Å². The third-order valence-electron chi connectivity index (χ3n) is 2.34. The summed E-state index contributed by atoms with van der Waals surface area (Å²) in [6.07, 6.45) is 1.20. The Balaban J connectivity index is 3.09. The smallest absolute Gasteiger partial charge is 0.353 e. The molecule has 0 saturated heterocycles. The highest BCUT2D eigenvalue weighted by atomic mass is 16.6. The zero-order chi connectivity index (χ0) is 14.4. The van der Waals surface area contributed by atoms with Gasteiger partial charge in [-0.25, -0.2) is 9.97 Å². The van der Waals surface area contributed by atoms with E-state index in [9.17, 15) is 14.9 Å². The summed E-state index contributed by atoms with van der Waals surface area (Å²) >= 11 is 0. The lowest BCUT2D eigenvalue weighted by Crippen LogP contribution is -2.35. The van der Waals surface area contributed by atoms with Gasteiger partial charge in [0.2, 0.25) is 17.5 Å². The topological polar surface area (TPSA) is 122 Å². The minimum atomic E-state index is -0.645. The molecule has 1 rings (SSSR count). The van der Waals surface area contributed by atoms with Gasteiger partial charge in [-0.3, -0.25) is 14.9 Å². The Hall–Kier alpha value is -2.45. The lowest BCUT2D eigenvalue weighted by atomic mass is 10.3. The number of nitro groups is 1. The van der Waals surface area contributed by atoms with Crippen LogP contribution < -0.4 is 16.0 Å². The molecule has 0 aromatic carbocycles. The molecule has 0 spiro atoms. The maximum atomic E-state index is 11.4. The summed E-state index contributed by atoms with van der Waals surface area (Å²) in [4.78, 5) is 29.5. The zero-order valence-corrected chi connectivity index (χ0v) is 10.9. The van der Waals surface area contributed by atoms with Gasteiger partial charge >= 0.3 is 5.69 Å². The van der Waals surface area contributed by atoms with Crippen LogP contribution in [0.3, 0.4) is 0 Å². The molecule has 0 bridgehead atoms. The average molecular weight is 268 g/mol. The van der Waals surface area contributed by atoms with Crippen LogP contribution in [-0.4, -0.2) is 40.4 Å². The van der Waals surface area contributed by atoms with Crippen LogP contribution in [0.1, 0.15) is 13.8 Å². The fourth-order valence-corrected chi connectivity index (χ4v) is 1.44. The second-order valence-corrected chi connectivity index (χ2v) is 3.69. The molecule has 1 aromatic heterocycles. The summed E-state index contributed by atoms with van der Waals surface area (Å²) in [6.45, 7) is 3.87. The number of rotatable bonds is 6. The van der Waals surface area contributed by atoms with Gasteiger partial charge in [0.25, 0.3) is 0 Å². The highest BCUT2D eigenvalue weighted by Crippen LogP contribution is 2.28. The van der Waals surface area contributed by atoms with Crippen LogP contribution in [0.25, 0.3) is 0 Å². The molecule has 3 N–H and O–H groups in total. The molecular weight excluding hydrogens is 252 g/mol. The fourth-order valence-electron chi connectivity index (χ4n) is 1.44. The van der Waals surface area contributed by atoms with Crippen LogP contribution in [0.2, 0.25) is 0 Å². The number of carbonyl (C=O) groups excluding carboxylic acids is 1. The Morgan fingerprint density at radius 1 is 1.47 bits per heavy atom. The van der Waals surface area contributed by atoms with Gasteiger partial charge in [-0.05, 0) is 13.8 Å². The van der Waals surface area contributed by atoms with Crippen molar-refractivity contribution in [1.82, 2.24) is 15.3 Å². The van der Waals surface area contributed by atoms with Gasteiger partial charge in [-0.2, -0.15) is 0 Å². The minimum absolute atomic E-state index is 0.00653. The first-order valence-electron chi connectivity index (χ1n) is 5.72. The Morgan fingerprint density at radius 3 is 2.63 bits per heavy atom. The SMILES string of the molecule is CCNc1ncnc(NC(C)C(=O)NC)c1[N+](=O)[O-]. The molecule has 1 atom stereocenters. The van der Waals surface area contributed by atoms with Gasteiger partial charge in [0.15, 0.2) is 0 Å². The van der Waals surface area contributed by atoms with Crippen molar-refractivity contribution >= 4 is 23.2 Å². The molecule has 0 saturated carbocycles. The molecular formula is C10H16N6O3. The largest absolute Gasteiger partial charge is 0.364 e. The Kier molecular flexibility index (Phi) is 4.98. The second kappa shape index (κ2) is 6.47. The molecule has 104 valence electrons. The number of carbonyl (C=O) groups is 1. The van der Waals surface area contributed by atoms with Crippen molar-refractivity contribution in [3.05, 3.63) is 16.4 Å². The van der Waals surface area contributed by atoms with Gasteiger partial charge in [-0.15, -0.1) is 0 Å². The maximum Gasteiger partial charge on any atom is 0.353 e. The number of anilines is 2. The lowest BCUT2D eigenvalue weighted by molar-refractivity contribution is -0.383. The highest BCUT2D eigenvalue weighted by molar-refractivity contribution is 5.85. The summed E-state index contributed by atoms with van der Waals surface area (Å²) in [5, 5.41) is 19.0. The van der Waals surface area contributed by atoms with Gasteiger partial charge in [0.05, 0.1) is 4.92 Å². The molecule has 0 radical (unpaired) electrons. The number of amides is 1. The number of hydrogen-bond acceptors (Lipinski definition) is 7. The monoisotopic (exact) mass is 268 g/mol. The molecule has 0 aliphatic carbocycles. The summed E-state index contributed by atoms with van der Waals surface area (Å²) < 4.78 is 0. The van der Waals surface area contributed by atoms with Gasteiger partial charge in [0, 0.05) is 13.6 Å². The zero-order valence-electron chi connectivity index (χ0n) is 10.9. The molecule has 1 unspecified atom stereocenters. The van der Waals surface area contributed by atoms with E-state index in [1.807, 2.05) is 0 Å². The molecule has 0 aliphatic heterocycles. The highest BCUT2D eigenvalue weighted by Gasteiger charge is 2.24. The third kappa shape index (κ3) is 3.50. The number of hydrogen-bond donors (Lipinski definition) is 3. The number of nitrogens with zero attached hydrogens (tertiary/aromatic N) is 3. The third-order valence-corrected chi connectivity index (χ3v) is 2.34. The van der Waals surface area contributed by atoms with Crippen LogP contribution in [0.15, 0.2) is 6.33 Å². The van der Waals surface area contributed by atoms with E-state index >= 15 is 0 Å². The molecule has 0 fully saturated rings. The van der Waals surface area contributed by atoms with Gasteiger partial charge in [0.1, 0.15) is 12.4 Å². The summed E-state index contributed by atoms with van der Waals surface area (Å²) in [7, 11) is 1.49. The number of aromatic nitrogens is 2. The Morgan fingerprint density at radius 2 is 2.11 bits per heavy atom. The lowest BCUT2D eigenvalue weighted by Gasteiger charge is -2.13. The van der Waals surface area contributed by atoms with Crippen LogP contribution in [0.4, 0.5) is 17.3 Å². The van der Waals surface area contributed by atoms with E-state index in [2.05, 4.69) is 25.9 Å². The second-order valence-electron chi connectivity index (χ2n) is 3.69. The number of nitrogens with one attached hydrogen (secondary N) is 3. The van der Waals surface area contributed by atoms with E-state index in [0.717, 1.165) is 0 Å². The average Bonchev–Trinajstić information content (AvgIpc) is 2.37. The summed E-state index contributed by atoms with van der Waals surface area (Å²) in [5.74, 6) is -0.168. The van der Waals surface area contributed by atoms with E-state index < -0.39 is 11.0 Å². The van der Waals surface area contributed by atoms with Gasteiger partial charge in [-0.1, -0.05) is 0 Å². The van der Waals surface area contributed by atoms with Crippen molar-refractivity contribution in [2.24, 2.45) is 0 Å². The van der Waals surface area contributed by atoms with Crippen LogP contribution >= 0.6 is 0 Å². The van der Waals surface area contributed by atoms with Crippen molar-refractivity contribution in [1.29, 1.82) is 0 Å². The first-order valence-corrected chi connectivity index (χ1v) is 5.72. The Labute approximate surface area is 110 Å². The van der Waals surface area contributed by atoms with E-state index in [1.54, 1.807) is 13.8 Å².